The second kappa shape index (κ2) is 6.38. The number of nitrogens with zero attached hydrogens (tertiary/aromatic N) is 3. The fourth-order valence-electron chi connectivity index (χ4n) is 1.47. The number of carbonyl (C=O) groups excluding carboxylic acids is 1. The number of nitrogens with one attached hydrogen (secondary N) is 1. The van der Waals surface area contributed by atoms with Gasteiger partial charge in [0.25, 0.3) is 0 Å². The van der Waals surface area contributed by atoms with Crippen molar-refractivity contribution < 1.29 is 4.79 Å². The molecule has 0 saturated heterocycles. The molecule has 0 aliphatic heterocycles. The average molecular weight is 276 g/mol. The summed E-state index contributed by atoms with van der Waals surface area (Å²) in [6, 6.07) is 4.06. The Balaban J connectivity index is 1.84. The predicted molar refractivity (Wildman–Crippen MR) is 76.2 cm³/mol. The molecular formula is C13H16N4OS. The predicted octanol–water partition coefficient (Wildman–Crippen LogP) is 2.59. The molecule has 0 bridgehead atoms. The molecule has 0 fully saturated rings. The van der Waals surface area contributed by atoms with Gasteiger partial charge in [-0.2, -0.15) is 5.10 Å². The summed E-state index contributed by atoms with van der Waals surface area (Å²) in [7, 11) is 0. The second-order valence-electron chi connectivity index (χ2n) is 4.32. The first-order valence-electron chi connectivity index (χ1n) is 6.02. The van der Waals surface area contributed by atoms with Gasteiger partial charge in [0.1, 0.15) is 0 Å². The summed E-state index contributed by atoms with van der Waals surface area (Å²) in [5.41, 5.74) is 0.731. The number of rotatable bonds is 5. The molecule has 1 N–H and O–H groups in total. The zero-order valence-corrected chi connectivity index (χ0v) is 11.7. The van der Waals surface area contributed by atoms with Crippen LogP contribution in [0.25, 0.3) is 0 Å². The van der Waals surface area contributed by atoms with E-state index in [2.05, 4.69) is 15.4 Å². The van der Waals surface area contributed by atoms with Crippen LogP contribution in [0.4, 0.5) is 5.69 Å². The first-order chi connectivity index (χ1) is 9.15. The Kier molecular flexibility index (Phi) is 4.57. The Hall–Kier alpha value is -1.82. The minimum absolute atomic E-state index is 0.0369. The number of hydrogen-bond donors (Lipinski definition) is 1. The molecule has 0 unspecified atom stereocenters. The molecule has 6 heteroatoms. The number of carbonyl (C=O) groups is 1. The van der Waals surface area contributed by atoms with Gasteiger partial charge >= 0.3 is 0 Å². The van der Waals surface area contributed by atoms with Gasteiger partial charge in [0.15, 0.2) is 0 Å². The van der Waals surface area contributed by atoms with Crippen LogP contribution >= 0.6 is 11.8 Å². The molecule has 0 aromatic carbocycles. The molecule has 0 aliphatic carbocycles. The van der Waals surface area contributed by atoms with Crippen molar-refractivity contribution in [2.75, 3.05) is 11.1 Å². The van der Waals surface area contributed by atoms with Crippen molar-refractivity contribution in [2.45, 2.75) is 24.8 Å². The number of aromatic nitrogens is 3. The Bertz CT molecular complexity index is 539. The molecule has 0 spiro atoms. The summed E-state index contributed by atoms with van der Waals surface area (Å²) < 4.78 is 1.81. The van der Waals surface area contributed by atoms with Crippen LogP contribution in [0.1, 0.15) is 19.9 Å². The van der Waals surface area contributed by atoms with Crippen LogP contribution in [0.2, 0.25) is 0 Å². The van der Waals surface area contributed by atoms with E-state index in [-0.39, 0.29) is 11.9 Å². The maximum Gasteiger partial charge on any atom is 0.234 e. The molecule has 0 saturated carbocycles. The topological polar surface area (TPSA) is 59.8 Å². The molecule has 1 amide bonds. The van der Waals surface area contributed by atoms with Gasteiger partial charge in [-0.25, -0.2) is 0 Å². The fourth-order valence-corrected chi connectivity index (χ4v) is 2.15. The lowest BCUT2D eigenvalue weighted by Crippen LogP contribution is -2.13. The highest BCUT2D eigenvalue weighted by atomic mass is 32.2. The van der Waals surface area contributed by atoms with Gasteiger partial charge in [0.05, 0.1) is 17.6 Å². The molecule has 0 radical (unpaired) electrons. The van der Waals surface area contributed by atoms with Gasteiger partial charge in [-0.3, -0.25) is 14.5 Å². The molecule has 2 aromatic heterocycles. The molecular weight excluding hydrogens is 260 g/mol. The van der Waals surface area contributed by atoms with Gasteiger partial charge in [-0.1, -0.05) is 0 Å². The number of anilines is 1. The van der Waals surface area contributed by atoms with Crippen molar-refractivity contribution in [3.8, 4) is 0 Å². The van der Waals surface area contributed by atoms with Gasteiger partial charge in [-0.15, -0.1) is 11.8 Å². The van der Waals surface area contributed by atoms with Gasteiger partial charge < -0.3 is 5.32 Å². The summed E-state index contributed by atoms with van der Waals surface area (Å²) in [5.74, 6) is 0.335. The van der Waals surface area contributed by atoms with Crippen LogP contribution in [0.5, 0.6) is 0 Å². The molecule has 2 heterocycles. The van der Waals surface area contributed by atoms with Crippen LogP contribution in [-0.2, 0) is 4.79 Å². The van der Waals surface area contributed by atoms with Gasteiger partial charge in [-0.05, 0) is 26.0 Å². The van der Waals surface area contributed by atoms with Crippen LogP contribution in [0.3, 0.4) is 0 Å². The summed E-state index contributed by atoms with van der Waals surface area (Å²) in [6.07, 6.45) is 6.93. The fraction of sp³-hybridized carbons (Fsp3) is 0.308. The maximum absolute atomic E-state index is 11.8. The van der Waals surface area contributed by atoms with E-state index in [1.807, 2.05) is 36.9 Å². The van der Waals surface area contributed by atoms with E-state index in [4.69, 9.17) is 0 Å². The molecule has 2 aromatic rings. The largest absolute Gasteiger partial charge is 0.323 e. The Morgan fingerprint density at radius 1 is 1.42 bits per heavy atom. The quantitative estimate of drug-likeness (QED) is 0.853. The molecule has 0 aliphatic rings. The van der Waals surface area contributed by atoms with E-state index in [0.29, 0.717) is 5.75 Å². The Morgan fingerprint density at radius 3 is 2.79 bits per heavy atom. The molecule has 0 atom stereocenters. The third-order valence-electron chi connectivity index (χ3n) is 2.43. The van der Waals surface area contributed by atoms with Crippen LogP contribution in [0, 0.1) is 0 Å². The molecule has 2 rings (SSSR count). The van der Waals surface area contributed by atoms with Crippen molar-refractivity contribution in [3.63, 3.8) is 0 Å². The number of pyridine rings is 1. The van der Waals surface area contributed by atoms with Crippen molar-refractivity contribution in [1.82, 2.24) is 14.8 Å². The summed E-state index contributed by atoms with van der Waals surface area (Å²) in [6.45, 7) is 4.08. The first-order valence-corrected chi connectivity index (χ1v) is 7.00. The zero-order valence-electron chi connectivity index (χ0n) is 10.9. The van der Waals surface area contributed by atoms with Crippen molar-refractivity contribution >= 4 is 23.4 Å². The molecule has 100 valence electrons. The van der Waals surface area contributed by atoms with Crippen molar-refractivity contribution in [1.29, 1.82) is 0 Å². The maximum atomic E-state index is 11.8. The monoisotopic (exact) mass is 276 g/mol. The summed E-state index contributed by atoms with van der Waals surface area (Å²) in [5, 5.41) is 7.00. The van der Waals surface area contributed by atoms with Gasteiger partial charge in [0, 0.05) is 29.5 Å². The zero-order chi connectivity index (χ0) is 13.7. The van der Waals surface area contributed by atoms with E-state index >= 15 is 0 Å². The van der Waals surface area contributed by atoms with Crippen LogP contribution in [0.15, 0.2) is 41.8 Å². The highest BCUT2D eigenvalue weighted by Crippen LogP contribution is 2.17. The highest BCUT2D eigenvalue weighted by Gasteiger charge is 2.06. The smallest absolute Gasteiger partial charge is 0.234 e. The minimum Gasteiger partial charge on any atom is -0.323 e. The van der Waals surface area contributed by atoms with E-state index < -0.39 is 0 Å². The van der Waals surface area contributed by atoms with E-state index in [9.17, 15) is 4.79 Å². The lowest BCUT2D eigenvalue weighted by Gasteiger charge is -2.04. The lowest BCUT2D eigenvalue weighted by atomic mass is 10.4. The SMILES string of the molecule is CC(C)n1cc(NC(=O)CSc2ccncc2)cn1. The summed E-state index contributed by atoms with van der Waals surface area (Å²) in [4.78, 5) is 16.7. The normalized spacial score (nSPS) is 10.7. The highest BCUT2D eigenvalue weighted by molar-refractivity contribution is 8.00. The Labute approximate surface area is 116 Å². The minimum atomic E-state index is -0.0369. The first kappa shape index (κ1) is 13.6. The third-order valence-corrected chi connectivity index (χ3v) is 3.45. The van der Waals surface area contributed by atoms with Crippen LogP contribution in [-0.4, -0.2) is 26.4 Å². The molecule has 5 nitrogen and oxygen atoms in total. The number of thioether (sulfide) groups is 1. The standard InChI is InChI=1S/C13H16N4OS/c1-10(2)17-8-11(7-15-17)16-13(18)9-19-12-3-5-14-6-4-12/h3-8,10H,9H2,1-2H3,(H,16,18). The van der Waals surface area contributed by atoms with E-state index in [1.165, 1.54) is 11.8 Å². The third kappa shape index (κ3) is 4.10. The van der Waals surface area contributed by atoms with Crippen LogP contribution < -0.4 is 5.32 Å². The number of hydrogen-bond acceptors (Lipinski definition) is 4. The number of amides is 1. The van der Waals surface area contributed by atoms with E-state index in [1.54, 1.807) is 18.6 Å². The summed E-state index contributed by atoms with van der Waals surface area (Å²) >= 11 is 1.48. The van der Waals surface area contributed by atoms with E-state index in [0.717, 1.165) is 10.6 Å². The second-order valence-corrected chi connectivity index (χ2v) is 5.37. The van der Waals surface area contributed by atoms with Crippen molar-refractivity contribution in [2.24, 2.45) is 0 Å². The average Bonchev–Trinajstić information content (AvgIpc) is 2.86. The van der Waals surface area contributed by atoms with Crippen molar-refractivity contribution in [3.05, 3.63) is 36.9 Å². The lowest BCUT2D eigenvalue weighted by molar-refractivity contribution is -0.113. The Morgan fingerprint density at radius 2 is 2.16 bits per heavy atom. The molecule has 19 heavy (non-hydrogen) atoms. The van der Waals surface area contributed by atoms with Gasteiger partial charge in [0.2, 0.25) is 5.91 Å².